The highest BCUT2D eigenvalue weighted by Crippen LogP contribution is 2.74. The molecule has 3 fully saturated rings. The average molecular weight is 340 g/mol. The van der Waals surface area contributed by atoms with Crippen molar-refractivity contribution in [2.75, 3.05) is 6.61 Å². The zero-order chi connectivity index (χ0) is 17.2. The van der Waals surface area contributed by atoms with Crippen LogP contribution in [0.1, 0.15) is 55.1 Å². The third-order valence-electron chi connectivity index (χ3n) is 7.97. The molecule has 0 radical (unpaired) electrons. The molecule has 130 valence electrons. The second-order valence-corrected chi connectivity index (χ2v) is 8.80. The molecular formula is C20H20O5. The number of ether oxygens (including phenoxy) is 2. The molecular weight excluding hydrogens is 320 g/mol. The van der Waals surface area contributed by atoms with Gasteiger partial charge in [-0.15, -0.1) is 0 Å². The standard InChI is InChI=1S/C20H20O5/c1-18-7-13(21)10-5-6-23-15(10)11-3-4-12-17(22)24-9-20(12,16(11)18)8-14-19(18,2)25-14/h4-6,11,14,16H,3,7-9H2,1-2H3/t11-,14-,16+,18+,19-,20+/m0/s1. The van der Waals surface area contributed by atoms with E-state index in [2.05, 4.69) is 13.8 Å². The third kappa shape index (κ3) is 1.36. The van der Waals surface area contributed by atoms with Crippen LogP contribution in [0.15, 0.2) is 28.4 Å². The molecule has 5 heteroatoms. The molecule has 1 aromatic rings. The Morgan fingerprint density at radius 3 is 2.92 bits per heavy atom. The fourth-order valence-electron chi connectivity index (χ4n) is 6.66. The summed E-state index contributed by atoms with van der Waals surface area (Å²) in [6.07, 6.45) is 5.67. The molecule has 5 aliphatic rings. The maximum Gasteiger partial charge on any atom is 0.334 e. The molecule has 1 aromatic heterocycles. The second kappa shape index (κ2) is 3.93. The van der Waals surface area contributed by atoms with Crippen LogP contribution >= 0.6 is 0 Å². The van der Waals surface area contributed by atoms with Crippen molar-refractivity contribution in [3.63, 3.8) is 0 Å². The summed E-state index contributed by atoms with van der Waals surface area (Å²) in [6, 6.07) is 1.80. The lowest BCUT2D eigenvalue weighted by Gasteiger charge is -2.55. The molecule has 2 saturated heterocycles. The SMILES string of the molecule is C[C@]12O[C@H]1C[C@@]13COC(=O)C1=CC[C@H]1c4occc4C(=O)C[C@]2(C)[C@@H]13. The molecule has 0 unspecified atom stereocenters. The van der Waals surface area contributed by atoms with E-state index in [1.807, 2.05) is 6.08 Å². The molecule has 6 atom stereocenters. The smallest absolute Gasteiger partial charge is 0.334 e. The fraction of sp³-hybridized carbons (Fsp3) is 0.600. The number of Topliss-reactive ketones (excluding diaryl/α,β-unsaturated/α-hetero) is 1. The number of allylic oxidation sites excluding steroid dienone is 1. The first kappa shape index (κ1) is 14.3. The minimum absolute atomic E-state index is 0.0849. The molecule has 0 N–H and O–H groups in total. The lowest BCUT2D eigenvalue weighted by molar-refractivity contribution is -0.135. The monoisotopic (exact) mass is 340 g/mol. The van der Waals surface area contributed by atoms with Gasteiger partial charge in [0.1, 0.15) is 12.4 Å². The van der Waals surface area contributed by atoms with Crippen LogP contribution in [0.2, 0.25) is 0 Å². The maximum absolute atomic E-state index is 13.0. The number of rotatable bonds is 0. The maximum atomic E-state index is 13.0. The summed E-state index contributed by atoms with van der Waals surface area (Å²) in [4.78, 5) is 25.5. The van der Waals surface area contributed by atoms with Gasteiger partial charge < -0.3 is 13.9 Å². The Morgan fingerprint density at radius 1 is 1.24 bits per heavy atom. The van der Waals surface area contributed by atoms with Gasteiger partial charge >= 0.3 is 5.97 Å². The summed E-state index contributed by atoms with van der Waals surface area (Å²) in [5.41, 5.74) is 0.504. The molecule has 25 heavy (non-hydrogen) atoms. The van der Waals surface area contributed by atoms with Crippen LogP contribution < -0.4 is 0 Å². The molecule has 5 nitrogen and oxygen atoms in total. The quantitative estimate of drug-likeness (QED) is 0.536. The van der Waals surface area contributed by atoms with Crippen LogP contribution in [0.5, 0.6) is 0 Å². The summed E-state index contributed by atoms with van der Waals surface area (Å²) in [5, 5.41) is 0. The Morgan fingerprint density at radius 2 is 2.08 bits per heavy atom. The summed E-state index contributed by atoms with van der Waals surface area (Å²) in [6.45, 7) is 4.72. The molecule has 1 saturated carbocycles. The van der Waals surface area contributed by atoms with Crippen LogP contribution in [-0.2, 0) is 14.3 Å². The van der Waals surface area contributed by atoms with E-state index >= 15 is 0 Å². The zero-order valence-electron chi connectivity index (χ0n) is 14.3. The molecule has 0 bridgehead atoms. The number of carbonyl (C=O) groups excluding carboxylic acids is 2. The lowest BCUT2D eigenvalue weighted by atomic mass is 9.44. The highest BCUT2D eigenvalue weighted by Gasteiger charge is 2.78. The van der Waals surface area contributed by atoms with E-state index in [9.17, 15) is 9.59 Å². The summed E-state index contributed by atoms with van der Waals surface area (Å²) in [5.74, 6) is 0.906. The van der Waals surface area contributed by atoms with Crippen LogP contribution in [0.4, 0.5) is 0 Å². The minimum Gasteiger partial charge on any atom is -0.468 e. The molecule has 6 rings (SSSR count). The van der Waals surface area contributed by atoms with E-state index in [1.54, 1.807) is 12.3 Å². The number of furan rings is 1. The van der Waals surface area contributed by atoms with Crippen molar-refractivity contribution in [3.05, 3.63) is 35.3 Å². The molecule has 3 heterocycles. The number of carbonyl (C=O) groups is 2. The third-order valence-corrected chi connectivity index (χ3v) is 7.97. The van der Waals surface area contributed by atoms with Gasteiger partial charge in [0.2, 0.25) is 0 Å². The van der Waals surface area contributed by atoms with Crippen molar-refractivity contribution in [2.24, 2.45) is 16.7 Å². The van der Waals surface area contributed by atoms with Crippen molar-refractivity contribution < 1.29 is 23.5 Å². The summed E-state index contributed by atoms with van der Waals surface area (Å²) in [7, 11) is 0. The lowest BCUT2D eigenvalue weighted by Crippen LogP contribution is -2.58. The van der Waals surface area contributed by atoms with Crippen LogP contribution in [0, 0.1) is 16.7 Å². The first-order valence-electron chi connectivity index (χ1n) is 9.07. The van der Waals surface area contributed by atoms with Gasteiger partial charge in [-0.1, -0.05) is 13.0 Å². The topological polar surface area (TPSA) is 69.0 Å². The summed E-state index contributed by atoms with van der Waals surface area (Å²) < 4.78 is 17.5. The van der Waals surface area contributed by atoms with E-state index in [0.717, 1.165) is 17.8 Å². The second-order valence-electron chi connectivity index (χ2n) is 8.80. The minimum atomic E-state index is -0.357. The fourth-order valence-corrected chi connectivity index (χ4v) is 6.66. The van der Waals surface area contributed by atoms with E-state index < -0.39 is 0 Å². The van der Waals surface area contributed by atoms with Gasteiger partial charge in [-0.25, -0.2) is 4.79 Å². The van der Waals surface area contributed by atoms with Crippen molar-refractivity contribution in [1.82, 2.24) is 0 Å². The first-order valence-corrected chi connectivity index (χ1v) is 9.07. The van der Waals surface area contributed by atoms with Crippen LogP contribution in [-0.4, -0.2) is 30.1 Å². The zero-order valence-corrected chi connectivity index (χ0v) is 14.3. The van der Waals surface area contributed by atoms with Crippen molar-refractivity contribution in [1.29, 1.82) is 0 Å². The highest BCUT2D eigenvalue weighted by atomic mass is 16.6. The number of esters is 1. The van der Waals surface area contributed by atoms with E-state index in [-0.39, 0.29) is 46.1 Å². The Kier molecular flexibility index (Phi) is 2.25. The predicted octanol–water partition coefficient (Wildman–Crippen LogP) is 3.01. The number of cyclic esters (lactones) is 1. The van der Waals surface area contributed by atoms with Gasteiger partial charge in [-0.05, 0) is 31.7 Å². The van der Waals surface area contributed by atoms with Gasteiger partial charge in [0, 0.05) is 28.7 Å². The number of ketones is 1. The normalized spacial score (nSPS) is 49.2. The van der Waals surface area contributed by atoms with E-state index in [4.69, 9.17) is 13.9 Å². The molecule has 1 spiro atoms. The molecule has 2 aliphatic heterocycles. The van der Waals surface area contributed by atoms with Gasteiger partial charge in [0.25, 0.3) is 0 Å². The Bertz CT molecular complexity index is 880. The van der Waals surface area contributed by atoms with Crippen molar-refractivity contribution in [3.8, 4) is 0 Å². The molecule has 0 aromatic carbocycles. The van der Waals surface area contributed by atoms with Gasteiger partial charge in [0.15, 0.2) is 5.78 Å². The van der Waals surface area contributed by atoms with E-state index in [1.165, 1.54) is 0 Å². The van der Waals surface area contributed by atoms with Crippen LogP contribution in [0.25, 0.3) is 0 Å². The Balaban J connectivity index is 1.65. The van der Waals surface area contributed by atoms with Gasteiger partial charge in [0.05, 0.1) is 23.5 Å². The average Bonchev–Trinajstić information content (AvgIpc) is 2.96. The van der Waals surface area contributed by atoms with Crippen LogP contribution in [0.3, 0.4) is 0 Å². The Hall–Kier alpha value is -1.88. The number of epoxide rings is 1. The van der Waals surface area contributed by atoms with Gasteiger partial charge in [-0.3, -0.25) is 4.79 Å². The predicted molar refractivity (Wildman–Crippen MR) is 86.0 cm³/mol. The summed E-state index contributed by atoms with van der Waals surface area (Å²) >= 11 is 0. The molecule has 0 amide bonds. The largest absolute Gasteiger partial charge is 0.468 e. The highest BCUT2D eigenvalue weighted by molar-refractivity contribution is 5.99. The number of hydrogen-bond acceptors (Lipinski definition) is 5. The molecule has 3 aliphatic carbocycles. The van der Waals surface area contributed by atoms with Crippen molar-refractivity contribution >= 4 is 11.8 Å². The Labute approximate surface area is 145 Å². The van der Waals surface area contributed by atoms with Crippen molar-refractivity contribution in [2.45, 2.75) is 50.7 Å². The first-order chi connectivity index (χ1) is 11.9. The van der Waals surface area contributed by atoms with E-state index in [0.29, 0.717) is 25.0 Å². The van der Waals surface area contributed by atoms with Gasteiger partial charge in [-0.2, -0.15) is 0 Å². The number of hydrogen-bond donors (Lipinski definition) is 0. The number of fused-ring (bicyclic) bond motifs is 4.